The predicted octanol–water partition coefficient (Wildman–Crippen LogP) is 2.56. The quantitative estimate of drug-likeness (QED) is 0.0266. The molecule has 0 aromatic heterocycles. The molecule has 7 amide bonds. The number of urea groups is 1. The van der Waals surface area contributed by atoms with Gasteiger partial charge in [-0.1, -0.05) is 18.6 Å². The summed E-state index contributed by atoms with van der Waals surface area (Å²) < 4.78 is 10.1. The van der Waals surface area contributed by atoms with E-state index < -0.39 is 46.3 Å². The summed E-state index contributed by atoms with van der Waals surface area (Å²) in [5.41, 5.74) is 4.56. The summed E-state index contributed by atoms with van der Waals surface area (Å²) in [7, 11) is 0. The molecule has 1 fully saturated rings. The Kier molecular flexibility index (Phi) is 14.0. The number of nitrogens with one attached hydrogen (secondary N) is 4. The molecule has 18 nitrogen and oxygen atoms in total. The fraction of sp³-hybridized carbons (Fsp3) is 0.400. The predicted molar refractivity (Wildman–Crippen MR) is 187 cm³/mol. The number of amides is 7. The third kappa shape index (κ3) is 11.3. The lowest BCUT2D eigenvalue weighted by molar-refractivity contribution is -0.384. The Balaban J connectivity index is 1.27. The van der Waals surface area contributed by atoms with Crippen LogP contribution in [0, 0.1) is 15.5 Å². The number of non-ortho nitro benzene ring substituents is 1. The van der Waals surface area contributed by atoms with E-state index in [4.69, 9.17) is 15.2 Å². The van der Waals surface area contributed by atoms with Gasteiger partial charge in [-0.15, -0.1) is 0 Å². The number of ether oxygens (including phenoxy) is 2. The van der Waals surface area contributed by atoms with Gasteiger partial charge < -0.3 is 36.5 Å². The number of nitrogens with two attached hydrogens (primary N) is 1. The van der Waals surface area contributed by atoms with E-state index in [-0.39, 0.29) is 55.8 Å². The maximum atomic E-state index is 13.6. The van der Waals surface area contributed by atoms with Crippen LogP contribution in [0.25, 0.3) is 0 Å². The second-order valence-electron chi connectivity index (χ2n) is 12.5. The fourth-order valence-corrected chi connectivity index (χ4v) is 5.58. The number of nitro benzene ring substituents is 1. The topological polar surface area (TPSA) is 258 Å². The van der Waals surface area contributed by atoms with Crippen LogP contribution < -0.4 is 31.7 Å². The molecule has 0 saturated heterocycles. The van der Waals surface area contributed by atoms with Crippen molar-refractivity contribution in [1.29, 1.82) is 0 Å². The molecule has 0 radical (unpaired) electrons. The van der Waals surface area contributed by atoms with Crippen LogP contribution in [0.4, 0.5) is 21.0 Å². The van der Waals surface area contributed by atoms with Crippen molar-refractivity contribution < 1.29 is 48.0 Å². The number of hydrogen-bond acceptors (Lipinski definition) is 11. The Morgan fingerprint density at radius 3 is 2.13 bits per heavy atom. The maximum absolute atomic E-state index is 13.6. The average molecular weight is 736 g/mol. The lowest BCUT2D eigenvalue weighted by Gasteiger charge is -2.39. The van der Waals surface area contributed by atoms with Gasteiger partial charge in [0.25, 0.3) is 17.5 Å². The van der Waals surface area contributed by atoms with Crippen molar-refractivity contribution in [3.05, 3.63) is 76.4 Å². The second-order valence-corrected chi connectivity index (χ2v) is 12.5. The number of benzene rings is 2. The van der Waals surface area contributed by atoms with E-state index in [1.54, 1.807) is 24.3 Å². The zero-order chi connectivity index (χ0) is 38.4. The largest absolute Gasteiger partial charge is 0.514 e. The summed E-state index contributed by atoms with van der Waals surface area (Å²) in [6.07, 6.45) is 4.88. The summed E-state index contributed by atoms with van der Waals surface area (Å²) in [6, 6.07) is 9.39. The van der Waals surface area contributed by atoms with Gasteiger partial charge in [0.2, 0.25) is 17.7 Å². The van der Waals surface area contributed by atoms with E-state index in [1.807, 2.05) is 0 Å². The van der Waals surface area contributed by atoms with Crippen LogP contribution in [-0.2, 0) is 35.3 Å². The van der Waals surface area contributed by atoms with Gasteiger partial charge in [0.15, 0.2) is 0 Å². The normalized spacial score (nSPS) is 14.8. The molecule has 282 valence electrons. The minimum absolute atomic E-state index is 0.0624. The molecule has 0 spiro atoms. The molecule has 1 atom stereocenters. The Morgan fingerprint density at radius 2 is 1.53 bits per heavy atom. The van der Waals surface area contributed by atoms with Gasteiger partial charge in [-0.05, 0) is 74.8 Å². The van der Waals surface area contributed by atoms with Gasteiger partial charge in [0.1, 0.15) is 23.8 Å². The highest BCUT2D eigenvalue weighted by molar-refractivity contribution is 6.12. The number of nitrogens with zero attached hydrogens (tertiary/aromatic N) is 2. The SMILES string of the molecule is NC(=O)NCCC[C@H](NC(=O)C1(C(=O)NCCCCCN2C(=O)C=CC2=O)CCC1)C(=O)Nc1ccc(COC(=O)Oc2ccc([N+](=O)[O-])cc2)cc1. The van der Waals surface area contributed by atoms with Gasteiger partial charge in [-0.3, -0.25) is 39.0 Å². The van der Waals surface area contributed by atoms with Crippen molar-refractivity contribution in [3.8, 4) is 5.75 Å². The summed E-state index contributed by atoms with van der Waals surface area (Å²) in [5, 5.41) is 21.5. The number of hydrogen-bond donors (Lipinski definition) is 5. The summed E-state index contributed by atoms with van der Waals surface area (Å²) in [4.78, 5) is 98.1. The minimum Gasteiger partial charge on any atom is -0.429 e. The highest BCUT2D eigenvalue weighted by Crippen LogP contribution is 2.41. The first-order valence-electron chi connectivity index (χ1n) is 17.0. The average Bonchev–Trinajstić information content (AvgIpc) is 3.42. The smallest absolute Gasteiger partial charge is 0.429 e. The molecule has 0 bridgehead atoms. The zero-order valence-electron chi connectivity index (χ0n) is 28.8. The van der Waals surface area contributed by atoms with E-state index in [9.17, 15) is 43.7 Å². The Labute approximate surface area is 303 Å². The number of rotatable bonds is 19. The minimum atomic E-state index is -1.34. The number of nitro groups is 1. The number of imide groups is 1. The molecule has 6 N–H and O–H groups in total. The molecule has 0 unspecified atom stereocenters. The van der Waals surface area contributed by atoms with Crippen LogP contribution in [0.15, 0.2) is 60.7 Å². The Morgan fingerprint density at radius 1 is 0.868 bits per heavy atom. The Hall–Kier alpha value is -6.33. The molecule has 1 saturated carbocycles. The molecule has 1 heterocycles. The summed E-state index contributed by atoms with van der Waals surface area (Å²) >= 11 is 0. The van der Waals surface area contributed by atoms with Crippen molar-refractivity contribution in [2.24, 2.45) is 11.1 Å². The summed E-state index contributed by atoms with van der Waals surface area (Å²) in [5.74, 6) is -2.22. The van der Waals surface area contributed by atoms with Crippen LogP contribution in [0.5, 0.6) is 5.75 Å². The number of carbonyl (C=O) groups excluding carboxylic acids is 7. The zero-order valence-corrected chi connectivity index (χ0v) is 28.8. The number of carbonyl (C=O) groups is 7. The van der Waals surface area contributed by atoms with Crippen molar-refractivity contribution in [3.63, 3.8) is 0 Å². The molecule has 53 heavy (non-hydrogen) atoms. The second kappa shape index (κ2) is 18.8. The summed E-state index contributed by atoms with van der Waals surface area (Å²) in [6.45, 7) is 0.553. The van der Waals surface area contributed by atoms with Crippen LogP contribution in [0.1, 0.15) is 56.9 Å². The third-order valence-electron chi connectivity index (χ3n) is 8.74. The van der Waals surface area contributed by atoms with Crippen molar-refractivity contribution in [2.75, 3.05) is 25.0 Å². The third-order valence-corrected chi connectivity index (χ3v) is 8.74. The van der Waals surface area contributed by atoms with E-state index >= 15 is 0 Å². The molecule has 4 rings (SSSR count). The standard InChI is InChI=1S/C35H41N7O11/c36-33(48)38-20-4-6-27(40-32(47)35(17-5-18-35)31(46)37-19-2-1-3-21-41-28(43)15-16-29(41)44)30(45)39-24-9-7-23(8-10-24)22-52-34(49)53-26-13-11-25(12-14-26)42(50)51/h7-16,27H,1-6,17-22H2,(H,37,46)(H,39,45)(H,40,47)(H3,36,38,48)/t27-/m0/s1. The molecule has 18 heteroatoms. The van der Waals surface area contributed by atoms with E-state index in [0.717, 1.165) is 4.90 Å². The number of unbranched alkanes of at least 4 members (excludes halogenated alkanes) is 2. The molecular weight excluding hydrogens is 694 g/mol. The van der Waals surface area contributed by atoms with Gasteiger partial charge in [-0.2, -0.15) is 0 Å². The van der Waals surface area contributed by atoms with Gasteiger partial charge >= 0.3 is 12.2 Å². The van der Waals surface area contributed by atoms with Gasteiger partial charge in [0.05, 0.1) is 4.92 Å². The molecule has 2 aromatic rings. The Bertz CT molecular complexity index is 1710. The molecule has 2 aliphatic rings. The van der Waals surface area contributed by atoms with E-state index in [0.29, 0.717) is 56.3 Å². The van der Waals surface area contributed by atoms with Crippen LogP contribution in [0.2, 0.25) is 0 Å². The van der Waals surface area contributed by atoms with Crippen LogP contribution in [-0.4, -0.2) is 77.2 Å². The van der Waals surface area contributed by atoms with Gasteiger partial charge in [-0.25, -0.2) is 9.59 Å². The van der Waals surface area contributed by atoms with Crippen molar-refractivity contribution in [1.82, 2.24) is 20.9 Å². The first-order chi connectivity index (χ1) is 25.4. The molecule has 2 aromatic carbocycles. The molecule has 1 aliphatic carbocycles. The van der Waals surface area contributed by atoms with E-state index in [2.05, 4.69) is 21.3 Å². The highest BCUT2D eigenvalue weighted by atomic mass is 16.7. The van der Waals surface area contributed by atoms with Crippen LogP contribution >= 0.6 is 0 Å². The highest BCUT2D eigenvalue weighted by Gasteiger charge is 2.51. The fourth-order valence-electron chi connectivity index (χ4n) is 5.58. The number of anilines is 1. The number of primary amides is 1. The van der Waals surface area contributed by atoms with Gasteiger partial charge in [0, 0.05) is 49.6 Å². The monoisotopic (exact) mass is 735 g/mol. The van der Waals surface area contributed by atoms with E-state index in [1.165, 1.54) is 36.4 Å². The van der Waals surface area contributed by atoms with Crippen molar-refractivity contribution in [2.45, 2.75) is 64.0 Å². The first-order valence-corrected chi connectivity index (χ1v) is 17.0. The van der Waals surface area contributed by atoms with Crippen molar-refractivity contribution >= 4 is 53.1 Å². The molecule has 1 aliphatic heterocycles. The lowest BCUT2D eigenvalue weighted by atomic mass is 9.67. The molecular formula is C35H41N7O11. The maximum Gasteiger partial charge on any atom is 0.514 e. The first kappa shape index (κ1) is 39.5. The lowest BCUT2D eigenvalue weighted by Crippen LogP contribution is -2.58. The van der Waals surface area contributed by atoms with Crippen LogP contribution in [0.3, 0.4) is 0 Å².